The number of halogens is 2. The zero-order valence-corrected chi connectivity index (χ0v) is 12.6. The Kier molecular flexibility index (Phi) is 3.74. The minimum absolute atomic E-state index is 0.357. The van der Waals surface area contributed by atoms with Crippen LogP contribution in [0.1, 0.15) is 5.56 Å². The first-order valence-corrected chi connectivity index (χ1v) is 7.40. The van der Waals surface area contributed by atoms with Crippen LogP contribution in [0.4, 0.5) is 4.39 Å². The second-order valence-corrected chi connectivity index (χ2v) is 6.10. The minimum Gasteiger partial charge on any atom is -0.423 e. The second kappa shape index (κ2) is 5.54. The van der Waals surface area contributed by atoms with Crippen molar-refractivity contribution in [1.29, 1.82) is 0 Å². The lowest BCUT2D eigenvalue weighted by Crippen LogP contribution is -1.97. The highest BCUT2D eigenvalue weighted by atomic mass is 35.5. The predicted molar refractivity (Wildman–Crippen MR) is 82.8 cm³/mol. The van der Waals surface area contributed by atoms with Crippen LogP contribution in [0.15, 0.2) is 61.5 Å². The molecule has 0 aliphatic heterocycles. The van der Waals surface area contributed by atoms with Crippen molar-refractivity contribution in [2.45, 2.75) is 16.7 Å². The van der Waals surface area contributed by atoms with E-state index >= 15 is 0 Å². The van der Waals surface area contributed by atoms with Gasteiger partial charge in [-0.1, -0.05) is 29.4 Å². The molecule has 0 fully saturated rings. The molecule has 0 aliphatic carbocycles. The summed E-state index contributed by atoms with van der Waals surface area (Å²) in [6.45, 7) is 1.96. The SMILES string of the molecule is Cc1ccc(Cl)c(Sc2cc(=O)oc3ccc(F)cc23)c1. The van der Waals surface area contributed by atoms with Crippen molar-refractivity contribution in [3.63, 3.8) is 0 Å². The molecule has 106 valence electrons. The molecule has 1 aromatic heterocycles. The molecular formula is C16H10ClFO2S. The van der Waals surface area contributed by atoms with Crippen molar-refractivity contribution >= 4 is 34.3 Å². The van der Waals surface area contributed by atoms with E-state index < -0.39 is 5.63 Å². The van der Waals surface area contributed by atoms with E-state index in [4.69, 9.17) is 16.0 Å². The van der Waals surface area contributed by atoms with Gasteiger partial charge in [-0.3, -0.25) is 0 Å². The van der Waals surface area contributed by atoms with Crippen LogP contribution in [-0.2, 0) is 0 Å². The lowest BCUT2D eigenvalue weighted by atomic mass is 10.2. The fraction of sp³-hybridized carbons (Fsp3) is 0.0625. The number of hydrogen-bond donors (Lipinski definition) is 0. The standard InChI is InChI=1S/C16H10ClFO2S/c1-9-2-4-12(17)15(6-9)21-14-8-16(19)20-13-5-3-10(18)7-11(13)14/h2-8H,1H3. The second-order valence-electron chi connectivity index (χ2n) is 4.61. The Bertz CT molecular complexity index is 889. The van der Waals surface area contributed by atoms with Crippen LogP contribution in [0.3, 0.4) is 0 Å². The summed E-state index contributed by atoms with van der Waals surface area (Å²) in [4.78, 5) is 13.1. The first-order valence-electron chi connectivity index (χ1n) is 6.20. The third-order valence-corrected chi connectivity index (χ3v) is 4.53. The summed E-state index contributed by atoms with van der Waals surface area (Å²) in [7, 11) is 0. The van der Waals surface area contributed by atoms with Gasteiger partial charge in [-0.15, -0.1) is 0 Å². The average Bonchev–Trinajstić information content (AvgIpc) is 2.43. The van der Waals surface area contributed by atoms with Crippen LogP contribution in [0, 0.1) is 12.7 Å². The van der Waals surface area contributed by atoms with Gasteiger partial charge in [0.05, 0.1) is 5.02 Å². The Morgan fingerprint density at radius 2 is 1.90 bits per heavy atom. The van der Waals surface area contributed by atoms with Gasteiger partial charge in [-0.2, -0.15) is 0 Å². The first kappa shape index (κ1) is 14.2. The molecule has 5 heteroatoms. The summed E-state index contributed by atoms with van der Waals surface area (Å²) in [6, 6.07) is 11.0. The number of hydrogen-bond acceptors (Lipinski definition) is 3. The summed E-state index contributed by atoms with van der Waals surface area (Å²) < 4.78 is 18.5. The molecule has 0 saturated carbocycles. The Balaban J connectivity index is 2.17. The van der Waals surface area contributed by atoms with Gasteiger partial charge in [0, 0.05) is 21.2 Å². The molecule has 1 heterocycles. The zero-order valence-electron chi connectivity index (χ0n) is 11.0. The zero-order chi connectivity index (χ0) is 15.0. The number of fused-ring (bicyclic) bond motifs is 1. The normalized spacial score (nSPS) is 11.0. The van der Waals surface area contributed by atoms with Crippen LogP contribution in [0.5, 0.6) is 0 Å². The Hall–Kier alpha value is -1.78. The van der Waals surface area contributed by atoms with E-state index in [1.807, 2.05) is 19.1 Å². The van der Waals surface area contributed by atoms with Crippen molar-refractivity contribution in [3.8, 4) is 0 Å². The van der Waals surface area contributed by atoms with Gasteiger partial charge in [0.2, 0.25) is 0 Å². The molecule has 21 heavy (non-hydrogen) atoms. The topological polar surface area (TPSA) is 30.2 Å². The highest BCUT2D eigenvalue weighted by Gasteiger charge is 2.10. The van der Waals surface area contributed by atoms with E-state index in [2.05, 4.69) is 0 Å². The molecule has 2 aromatic carbocycles. The smallest absolute Gasteiger partial charge is 0.337 e. The van der Waals surface area contributed by atoms with E-state index in [1.165, 1.54) is 36.0 Å². The third-order valence-electron chi connectivity index (χ3n) is 2.97. The van der Waals surface area contributed by atoms with Crippen LogP contribution < -0.4 is 5.63 Å². The van der Waals surface area contributed by atoms with Crippen molar-refractivity contribution in [1.82, 2.24) is 0 Å². The molecule has 0 atom stereocenters. The van der Waals surface area contributed by atoms with Gasteiger partial charge in [-0.25, -0.2) is 9.18 Å². The van der Waals surface area contributed by atoms with E-state index in [0.29, 0.717) is 20.9 Å². The van der Waals surface area contributed by atoms with Crippen LogP contribution in [0.25, 0.3) is 11.0 Å². The van der Waals surface area contributed by atoms with Crippen molar-refractivity contribution in [2.24, 2.45) is 0 Å². The highest BCUT2D eigenvalue weighted by Crippen LogP contribution is 2.37. The molecule has 3 rings (SSSR count). The van der Waals surface area contributed by atoms with E-state index in [-0.39, 0.29) is 5.82 Å². The monoisotopic (exact) mass is 320 g/mol. The van der Waals surface area contributed by atoms with Gasteiger partial charge >= 0.3 is 5.63 Å². The molecular weight excluding hydrogens is 311 g/mol. The summed E-state index contributed by atoms with van der Waals surface area (Å²) in [6.07, 6.45) is 0. The Labute approximate surface area is 129 Å². The van der Waals surface area contributed by atoms with Crippen LogP contribution >= 0.6 is 23.4 Å². The molecule has 0 amide bonds. The lowest BCUT2D eigenvalue weighted by molar-refractivity contribution is 0.555. The third kappa shape index (κ3) is 2.96. The van der Waals surface area contributed by atoms with Gasteiger partial charge in [0.25, 0.3) is 0 Å². The summed E-state index contributed by atoms with van der Waals surface area (Å²) in [5.74, 6) is -0.381. The largest absolute Gasteiger partial charge is 0.423 e. The van der Waals surface area contributed by atoms with Gasteiger partial charge in [0.1, 0.15) is 11.4 Å². The molecule has 0 bridgehead atoms. The maximum atomic E-state index is 13.4. The van der Waals surface area contributed by atoms with E-state index in [0.717, 1.165) is 10.5 Å². The number of benzene rings is 2. The molecule has 0 radical (unpaired) electrons. The van der Waals surface area contributed by atoms with E-state index in [9.17, 15) is 9.18 Å². The molecule has 0 aliphatic rings. The number of aryl methyl sites for hydroxylation is 1. The van der Waals surface area contributed by atoms with E-state index in [1.54, 1.807) is 6.07 Å². The Morgan fingerprint density at radius 1 is 1.10 bits per heavy atom. The maximum absolute atomic E-state index is 13.4. The first-order chi connectivity index (χ1) is 10.0. The van der Waals surface area contributed by atoms with Crippen molar-refractivity contribution < 1.29 is 8.81 Å². The summed E-state index contributed by atoms with van der Waals surface area (Å²) >= 11 is 7.49. The summed E-state index contributed by atoms with van der Waals surface area (Å²) in [5, 5.41) is 1.14. The maximum Gasteiger partial charge on any atom is 0.337 e. The quantitative estimate of drug-likeness (QED) is 0.619. The fourth-order valence-electron chi connectivity index (χ4n) is 2.00. The van der Waals surface area contributed by atoms with Crippen molar-refractivity contribution in [3.05, 3.63) is 69.3 Å². The molecule has 0 saturated heterocycles. The fourth-order valence-corrected chi connectivity index (χ4v) is 3.30. The highest BCUT2D eigenvalue weighted by molar-refractivity contribution is 7.99. The molecule has 3 aromatic rings. The molecule has 0 N–H and O–H groups in total. The van der Waals surface area contributed by atoms with Gasteiger partial charge < -0.3 is 4.42 Å². The summed E-state index contributed by atoms with van der Waals surface area (Å²) in [5.41, 5.74) is 0.941. The van der Waals surface area contributed by atoms with Crippen molar-refractivity contribution in [2.75, 3.05) is 0 Å². The molecule has 0 spiro atoms. The molecule has 0 unspecified atom stereocenters. The Morgan fingerprint density at radius 3 is 2.71 bits per heavy atom. The minimum atomic E-state index is -0.472. The van der Waals surface area contributed by atoms with Crippen LogP contribution in [-0.4, -0.2) is 0 Å². The van der Waals surface area contributed by atoms with Crippen LogP contribution in [0.2, 0.25) is 5.02 Å². The lowest BCUT2D eigenvalue weighted by Gasteiger charge is -2.07. The van der Waals surface area contributed by atoms with Gasteiger partial charge in [-0.05, 0) is 42.8 Å². The average molecular weight is 321 g/mol. The number of rotatable bonds is 2. The molecule has 2 nitrogen and oxygen atoms in total. The predicted octanol–water partition coefficient (Wildman–Crippen LogP) is 5.05. The van der Waals surface area contributed by atoms with Gasteiger partial charge in [0.15, 0.2) is 0 Å².